The number of likely N-dealkylation sites (tertiary alicyclic amines) is 1. The second-order valence-electron chi connectivity index (χ2n) is 9.27. The van der Waals surface area contributed by atoms with Gasteiger partial charge in [0.25, 0.3) is 5.56 Å². The Kier molecular flexibility index (Phi) is 6.40. The third-order valence-electron chi connectivity index (χ3n) is 7.29. The summed E-state index contributed by atoms with van der Waals surface area (Å²) < 4.78 is 2.43. The number of pyridine rings is 1. The highest BCUT2D eigenvalue weighted by atomic mass is 35.5. The minimum absolute atomic E-state index is 0. The van der Waals surface area contributed by atoms with Crippen LogP contribution in [0.15, 0.2) is 35.1 Å². The lowest BCUT2D eigenvalue weighted by atomic mass is 10.0. The molecule has 1 saturated heterocycles. The first-order chi connectivity index (χ1) is 15.4. The van der Waals surface area contributed by atoms with Gasteiger partial charge >= 0.3 is 5.97 Å². The molecule has 176 valence electrons. The van der Waals surface area contributed by atoms with Crippen molar-refractivity contribution in [2.45, 2.75) is 44.8 Å². The van der Waals surface area contributed by atoms with Gasteiger partial charge in [-0.1, -0.05) is 13.0 Å². The van der Waals surface area contributed by atoms with Crippen molar-refractivity contribution in [3.8, 4) is 11.3 Å². The van der Waals surface area contributed by atoms with Crippen molar-refractivity contribution < 1.29 is 9.90 Å². The van der Waals surface area contributed by atoms with Gasteiger partial charge in [-0.05, 0) is 68.8 Å². The number of carboxylic acids is 1. The van der Waals surface area contributed by atoms with Gasteiger partial charge in [-0.15, -0.1) is 12.4 Å². The number of aromatic amines is 1. The zero-order valence-corrected chi connectivity index (χ0v) is 20.1. The molecule has 2 N–H and O–H groups in total. The maximum absolute atomic E-state index is 12.3. The van der Waals surface area contributed by atoms with Crippen LogP contribution in [0.2, 0.25) is 0 Å². The molecule has 1 fully saturated rings. The van der Waals surface area contributed by atoms with E-state index in [0.717, 1.165) is 42.6 Å². The number of benzene rings is 1. The number of carboxylic acid groups (broad SMARTS) is 1. The van der Waals surface area contributed by atoms with Crippen molar-refractivity contribution in [1.82, 2.24) is 19.4 Å². The van der Waals surface area contributed by atoms with Gasteiger partial charge < -0.3 is 19.6 Å². The predicted octanol–water partition coefficient (Wildman–Crippen LogP) is 3.76. The molecule has 2 aromatic heterocycles. The van der Waals surface area contributed by atoms with Crippen molar-refractivity contribution >= 4 is 29.3 Å². The average Bonchev–Trinajstić information content (AvgIpc) is 3.47. The van der Waals surface area contributed by atoms with Gasteiger partial charge in [0.1, 0.15) is 5.56 Å². The number of hydrogen-bond donors (Lipinski definition) is 2. The minimum Gasteiger partial charge on any atom is -0.477 e. The average molecular weight is 471 g/mol. The molecule has 0 radical (unpaired) electrons. The van der Waals surface area contributed by atoms with Crippen molar-refractivity contribution in [1.29, 1.82) is 0 Å². The van der Waals surface area contributed by atoms with Crippen LogP contribution in [0, 0.1) is 0 Å². The van der Waals surface area contributed by atoms with Crippen LogP contribution in [0.1, 0.15) is 47.4 Å². The topological polar surface area (TPSA) is 81.6 Å². The monoisotopic (exact) mass is 470 g/mol. The van der Waals surface area contributed by atoms with E-state index in [9.17, 15) is 14.7 Å². The van der Waals surface area contributed by atoms with Crippen molar-refractivity contribution in [2.75, 3.05) is 27.2 Å². The van der Waals surface area contributed by atoms with Crippen LogP contribution in [-0.2, 0) is 13.0 Å². The smallest absolute Gasteiger partial charge is 0.341 e. The highest BCUT2D eigenvalue weighted by Crippen LogP contribution is 2.39. The molecule has 5 rings (SSSR count). The van der Waals surface area contributed by atoms with Crippen molar-refractivity contribution in [2.24, 2.45) is 0 Å². The second kappa shape index (κ2) is 8.97. The highest BCUT2D eigenvalue weighted by Gasteiger charge is 2.34. The molecule has 33 heavy (non-hydrogen) atoms. The lowest BCUT2D eigenvalue weighted by Gasteiger charge is -2.25. The van der Waals surface area contributed by atoms with E-state index in [0.29, 0.717) is 24.2 Å². The minimum atomic E-state index is -1.20. The van der Waals surface area contributed by atoms with E-state index in [-0.39, 0.29) is 18.0 Å². The van der Waals surface area contributed by atoms with E-state index in [1.165, 1.54) is 23.7 Å². The number of nitrogens with one attached hydrogen (secondary N) is 1. The first-order valence-corrected chi connectivity index (χ1v) is 11.4. The predicted molar refractivity (Wildman–Crippen MR) is 133 cm³/mol. The maximum Gasteiger partial charge on any atom is 0.341 e. The molecular weight excluding hydrogens is 440 g/mol. The summed E-state index contributed by atoms with van der Waals surface area (Å²) in [6.45, 7) is 5.24. The first kappa shape index (κ1) is 23.5. The lowest BCUT2D eigenvalue weighted by molar-refractivity contribution is 0.0695. The van der Waals surface area contributed by atoms with Gasteiger partial charge in [-0.25, -0.2) is 4.79 Å². The number of aromatic nitrogens is 2. The summed E-state index contributed by atoms with van der Waals surface area (Å²) in [4.78, 5) is 31.5. The van der Waals surface area contributed by atoms with Crippen LogP contribution in [-0.4, -0.2) is 63.7 Å². The number of aryl methyl sites for hydroxylation is 2. The van der Waals surface area contributed by atoms with Crippen LogP contribution < -0.4 is 5.56 Å². The van der Waals surface area contributed by atoms with Crippen LogP contribution in [0.4, 0.5) is 0 Å². The van der Waals surface area contributed by atoms with Crippen LogP contribution in [0.25, 0.3) is 22.2 Å². The molecule has 0 aliphatic carbocycles. The largest absolute Gasteiger partial charge is 0.477 e. The molecular formula is C25H31ClN4O3. The van der Waals surface area contributed by atoms with E-state index < -0.39 is 11.5 Å². The van der Waals surface area contributed by atoms with Gasteiger partial charge in [0.2, 0.25) is 0 Å². The summed E-state index contributed by atoms with van der Waals surface area (Å²) in [7, 11) is 4.33. The number of aromatic carboxylic acids is 1. The normalized spacial score (nSPS) is 20.4. The summed E-state index contributed by atoms with van der Waals surface area (Å²) >= 11 is 0. The summed E-state index contributed by atoms with van der Waals surface area (Å²) in [5, 5.41) is 10.5. The fourth-order valence-electron chi connectivity index (χ4n) is 5.48. The Balaban J connectivity index is 0.00000259. The number of likely N-dealkylation sites (N-methyl/N-ethyl adjacent to an activating group) is 1. The Hall–Kier alpha value is -2.61. The fourth-order valence-corrected chi connectivity index (χ4v) is 5.48. The SMILES string of the molecule is CCc1cc(C(=O)O)c(=O)[nH]c1-c1ccc2c(c1)cc1n2CCC1N1CCC(N(C)C)C1.Cl. The van der Waals surface area contributed by atoms with Crippen molar-refractivity contribution in [3.63, 3.8) is 0 Å². The summed E-state index contributed by atoms with van der Waals surface area (Å²) in [5.74, 6) is -1.20. The molecule has 2 aliphatic rings. The Morgan fingerprint density at radius 3 is 2.64 bits per heavy atom. The Morgan fingerprint density at radius 1 is 1.18 bits per heavy atom. The molecule has 2 aliphatic heterocycles. The Morgan fingerprint density at radius 2 is 1.97 bits per heavy atom. The highest BCUT2D eigenvalue weighted by molar-refractivity contribution is 5.89. The number of fused-ring (bicyclic) bond motifs is 3. The zero-order valence-electron chi connectivity index (χ0n) is 19.3. The molecule has 0 amide bonds. The van der Waals surface area contributed by atoms with E-state index >= 15 is 0 Å². The quantitative estimate of drug-likeness (QED) is 0.593. The maximum atomic E-state index is 12.3. The van der Waals surface area contributed by atoms with Crippen LogP contribution in [0.3, 0.4) is 0 Å². The van der Waals surface area contributed by atoms with Gasteiger partial charge in [0.15, 0.2) is 0 Å². The number of nitrogens with zero attached hydrogens (tertiary/aromatic N) is 3. The molecule has 1 aromatic carbocycles. The third-order valence-corrected chi connectivity index (χ3v) is 7.29. The summed E-state index contributed by atoms with van der Waals surface area (Å²) in [6, 6.07) is 11.2. The van der Waals surface area contributed by atoms with Crippen molar-refractivity contribution in [3.05, 3.63) is 57.5 Å². The molecule has 2 unspecified atom stereocenters. The molecule has 0 spiro atoms. The van der Waals surface area contributed by atoms with Gasteiger partial charge in [-0.2, -0.15) is 0 Å². The summed E-state index contributed by atoms with van der Waals surface area (Å²) in [5.41, 5.74) is 4.28. The van der Waals surface area contributed by atoms with Crippen LogP contribution >= 0.6 is 12.4 Å². The van der Waals surface area contributed by atoms with E-state index in [2.05, 4.69) is 51.6 Å². The summed E-state index contributed by atoms with van der Waals surface area (Å²) in [6.07, 6.45) is 3.01. The number of rotatable bonds is 5. The molecule has 4 heterocycles. The molecule has 7 nitrogen and oxygen atoms in total. The number of H-pyrrole nitrogens is 1. The van der Waals surface area contributed by atoms with Gasteiger partial charge in [0.05, 0.1) is 11.7 Å². The fraction of sp³-hybridized carbons (Fsp3) is 0.440. The number of halogens is 1. The number of carbonyl (C=O) groups is 1. The van der Waals surface area contributed by atoms with E-state index in [1.54, 1.807) is 0 Å². The van der Waals surface area contributed by atoms with E-state index in [4.69, 9.17) is 0 Å². The van der Waals surface area contributed by atoms with E-state index in [1.807, 2.05) is 13.0 Å². The third kappa shape index (κ3) is 3.98. The van der Waals surface area contributed by atoms with Gasteiger partial charge in [0, 0.05) is 42.3 Å². The Labute approximate surface area is 199 Å². The number of hydrogen-bond acceptors (Lipinski definition) is 4. The second-order valence-corrected chi connectivity index (χ2v) is 9.27. The first-order valence-electron chi connectivity index (χ1n) is 11.4. The lowest BCUT2D eigenvalue weighted by Crippen LogP contribution is -2.32. The standard InChI is InChI=1S/C25H30N4O3.ClH/c1-4-15-12-19(25(31)32)24(30)26-23(15)16-5-6-20-17(11-16)13-22-21(8-10-29(20)22)28-9-7-18(14-28)27(2)3;/h5-6,11-13,18,21H,4,7-10,14H2,1-3H3,(H,26,30)(H,31,32);1H. The molecule has 0 saturated carbocycles. The molecule has 0 bridgehead atoms. The van der Waals surface area contributed by atoms with Crippen LogP contribution in [0.5, 0.6) is 0 Å². The zero-order chi connectivity index (χ0) is 22.6. The molecule has 2 atom stereocenters. The molecule has 8 heteroatoms. The molecule has 3 aromatic rings. The van der Waals surface area contributed by atoms with Gasteiger partial charge in [-0.3, -0.25) is 9.69 Å². The Bertz CT molecular complexity index is 1260.